The lowest BCUT2D eigenvalue weighted by Gasteiger charge is -2.34. The summed E-state index contributed by atoms with van der Waals surface area (Å²) in [6, 6.07) is 7.59. The van der Waals surface area contributed by atoms with Crippen LogP contribution in [0.15, 0.2) is 29.3 Å². The first-order valence-corrected chi connectivity index (χ1v) is 10.7. The molecular formula is C22H38IN5O2. The molecule has 0 saturated carbocycles. The van der Waals surface area contributed by atoms with Crippen molar-refractivity contribution in [2.24, 2.45) is 10.9 Å². The van der Waals surface area contributed by atoms with E-state index in [1.54, 1.807) is 0 Å². The second-order valence-electron chi connectivity index (χ2n) is 7.78. The molecule has 8 heteroatoms. The Labute approximate surface area is 198 Å². The number of carbonyl (C=O) groups excluding carboxylic acids is 1. The minimum absolute atomic E-state index is 0. The molecule has 0 radical (unpaired) electrons. The van der Waals surface area contributed by atoms with Crippen LogP contribution in [0.4, 0.5) is 0 Å². The van der Waals surface area contributed by atoms with Gasteiger partial charge < -0.3 is 20.7 Å². The van der Waals surface area contributed by atoms with Gasteiger partial charge in [0.1, 0.15) is 0 Å². The first kappa shape index (κ1) is 26.6. The van der Waals surface area contributed by atoms with Crippen molar-refractivity contribution in [1.29, 1.82) is 0 Å². The maximum absolute atomic E-state index is 11.9. The van der Waals surface area contributed by atoms with E-state index in [1.807, 2.05) is 31.2 Å². The second kappa shape index (κ2) is 14.6. The number of aliphatic imine (C=N–C) groups is 1. The van der Waals surface area contributed by atoms with Crippen molar-refractivity contribution in [3.05, 3.63) is 35.4 Å². The number of nitrogens with zero attached hydrogens (tertiary/aromatic N) is 2. The quantitative estimate of drug-likeness (QED) is 0.259. The van der Waals surface area contributed by atoms with Crippen molar-refractivity contribution in [1.82, 2.24) is 20.9 Å². The Bertz CT molecular complexity index is 651. The van der Waals surface area contributed by atoms with Gasteiger partial charge in [0.25, 0.3) is 5.91 Å². The van der Waals surface area contributed by atoms with Crippen molar-refractivity contribution in [2.75, 3.05) is 45.9 Å². The zero-order chi connectivity index (χ0) is 21.1. The highest BCUT2D eigenvalue weighted by Gasteiger charge is 2.21. The smallest absolute Gasteiger partial charge is 0.251 e. The van der Waals surface area contributed by atoms with Gasteiger partial charge in [-0.2, -0.15) is 0 Å². The molecular weight excluding hydrogens is 493 g/mol. The minimum atomic E-state index is -0.0449. The first-order valence-electron chi connectivity index (χ1n) is 10.7. The van der Waals surface area contributed by atoms with Crippen LogP contribution >= 0.6 is 24.0 Å². The average molecular weight is 531 g/mol. The van der Waals surface area contributed by atoms with Crippen LogP contribution in [0, 0.1) is 5.92 Å². The van der Waals surface area contributed by atoms with Crippen LogP contribution in [-0.4, -0.2) is 68.7 Å². The van der Waals surface area contributed by atoms with E-state index >= 15 is 0 Å². The van der Waals surface area contributed by atoms with Gasteiger partial charge >= 0.3 is 0 Å². The maximum atomic E-state index is 11.9. The topological polar surface area (TPSA) is 78.0 Å². The maximum Gasteiger partial charge on any atom is 0.251 e. The number of rotatable bonds is 9. The molecule has 7 nitrogen and oxygen atoms in total. The molecule has 1 aliphatic heterocycles. The number of morpholine rings is 1. The fourth-order valence-electron chi connectivity index (χ4n) is 3.33. The van der Waals surface area contributed by atoms with Gasteiger partial charge in [-0.15, -0.1) is 24.0 Å². The molecule has 1 aliphatic rings. The number of benzene rings is 1. The zero-order valence-electron chi connectivity index (χ0n) is 18.7. The van der Waals surface area contributed by atoms with Crippen LogP contribution in [0.25, 0.3) is 0 Å². The van der Waals surface area contributed by atoms with Gasteiger partial charge in [-0.25, -0.2) is 4.99 Å². The molecule has 1 fully saturated rings. The van der Waals surface area contributed by atoms with Crippen LogP contribution in [0.2, 0.25) is 0 Å². The lowest BCUT2D eigenvalue weighted by atomic mass is 10.1. The molecule has 1 aromatic rings. The van der Waals surface area contributed by atoms with Gasteiger partial charge in [0.2, 0.25) is 0 Å². The molecule has 0 spiro atoms. The highest BCUT2D eigenvalue weighted by molar-refractivity contribution is 14.0. The number of halogens is 1. The Balaban J connectivity index is 0.00000450. The normalized spacial score (nSPS) is 17.4. The predicted molar refractivity (Wildman–Crippen MR) is 134 cm³/mol. The van der Waals surface area contributed by atoms with Gasteiger partial charge in [0, 0.05) is 44.8 Å². The molecule has 0 aromatic heterocycles. The summed E-state index contributed by atoms with van der Waals surface area (Å²) in [5.41, 5.74) is 1.73. The summed E-state index contributed by atoms with van der Waals surface area (Å²) < 4.78 is 5.91. The van der Waals surface area contributed by atoms with Crippen molar-refractivity contribution >= 4 is 35.8 Å². The highest BCUT2D eigenvalue weighted by atomic mass is 127. The Morgan fingerprint density at radius 2 is 1.87 bits per heavy atom. The van der Waals surface area contributed by atoms with Crippen molar-refractivity contribution in [2.45, 2.75) is 40.3 Å². The number of hydrogen-bond donors (Lipinski definition) is 3. The third kappa shape index (κ3) is 9.61. The average Bonchev–Trinajstić information content (AvgIpc) is 2.70. The summed E-state index contributed by atoms with van der Waals surface area (Å²) in [6.07, 6.45) is 0.169. The second-order valence-corrected chi connectivity index (χ2v) is 7.78. The largest absolute Gasteiger partial charge is 0.374 e. The molecule has 1 saturated heterocycles. The van der Waals surface area contributed by atoms with E-state index in [-0.39, 0.29) is 36.0 Å². The summed E-state index contributed by atoms with van der Waals surface area (Å²) >= 11 is 0. The summed E-state index contributed by atoms with van der Waals surface area (Å²) in [4.78, 5) is 19.0. The van der Waals surface area contributed by atoms with E-state index in [0.29, 0.717) is 24.6 Å². The summed E-state index contributed by atoms with van der Waals surface area (Å²) in [5.74, 6) is 1.40. The van der Waals surface area contributed by atoms with Crippen LogP contribution in [0.5, 0.6) is 0 Å². The van der Waals surface area contributed by atoms with E-state index < -0.39 is 0 Å². The van der Waals surface area contributed by atoms with Gasteiger partial charge in [-0.1, -0.05) is 26.0 Å². The van der Waals surface area contributed by atoms with E-state index in [2.05, 4.69) is 46.6 Å². The molecule has 1 unspecified atom stereocenters. The van der Waals surface area contributed by atoms with Crippen molar-refractivity contribution in [3.8, 4) is 0 Å². The lowest BCUT2D eigenvalue weighted by molar-refractivity contribution is -0.0284. The number of ether oxygens (including phenoxy) is 1. The van der Waals surface area contributed by atoms with E-state index in [1.165, 1.54) is 0 Å². The number of hydrogen-bond acceptors (Lipinski definition) is 4. The van der Waals surface area contributed by atoms with Gasteiger partial charge in [0.15, 0.2) is 5.96 Å². The molecule has 2 rings (SSSR count). The minimum Gasteiger partial charge on any atom is -0.374 e. The van der Waals surface area contributed by atoms with Crippen molar-refractivity contribution in [3.63, 3.8) is 0 Å². The van der Waals surface area contributed by atoms with Crippen LogP contribution in [-0.2, 0) is 11.3 Å². The molecule has 0 aliphatic carbocycles. The van der Waals surface area contributed by atoms with Crippen LogP contribution in [0.3, 0.4) is 0 Å². The lowest BCUT2D eigenvalue weighted by Crippen LogP contribution is -2.50. The van der Waals surface area contributed by atoms with Gasteiger partial charge in [-0.3, -0.25) is 9.69 Å². The SMILES string of the molecule is CCNC(=O)c1ccc(CN=C(NCC)NCC2CN(CC(C)C)CCO2)cc1.I. The third-order valence-corrected chi connectivity index (χ3v) is 4.66. The van der Waals surface area contributed by atoms with Crippen LogP contribution in [0.1, 0.15) is 43.6 Å². The number of carbonyl (C=O) groups is 1. The van der Waals surface area contributed by atoms with Crippen LogP contribution < -0.4 is 16.0 Å². The Morgan fingerprint density at radius 3 is 2.50 bits per heavy atom. The summed E-state index contributed by atoms with van der Waals surface area (Å²) in [5, 5.41) is 9.50. The molecule has 1 atom stereocenters. The molecule has 1 amide bonds. The standard InChI is InChI=1S/C22H37N5O2.HI/c1-5-23-21(28)19-9-7-18(8-10-19)13-25-22(24-6-2)26-14-20-16-27(11-12-29-20)15-17(3)4;/h7-10,17,20H,5-6,11-16H2,1-4H3,(H,23,28)(H2,24,25,26);1H. The Kier molecular flexibility index (Phi) is 13.0. The molecule has 1 heterocycles. The van der Waals surface area contributed by atoms with E-state index in [0.717, 1.165) is 50.9 Å². The molecule has 1 aromatic carbocycles. The Hall–Kier alpha value is -1.39. The Morgan fingerprint density at radius 1 is 1.17 bits per heavy atom. The number of amides is 1. The summed E-state index contributed by atoms with van der Waals surface area (Å²) in [7, 11) is 0. The van der Waals surface area contributed by atoms with E-state index in [4.69, 9.17) is 4.74 Å². The van der Waals surface area contributed by atoms with Crippen molar-refractivity contribution < 1.29 is 9.53 Å². The molecule has 170 valence electrons. The predicted octanol–water partition coefficient (Wildman–Crippen LogP) is 2.47. The van der Waals surface area contributed by atoms with Gasteiger partial charge in [0.05, 0.1) is 19.3 Å². The summed E-state index contributed by atoms with van der Waals surface area (Å²) in [6.45, 7) is 15.0. The van der Waals surface area contributed by atoms with Gasteiger partial charge in [-0.05, 0) is 37.5 Å². The zero-order valence-corrected chi connectivity index (χ0v) is 21.1. The number of nitrogens with one attached hydrogen (secondary N) is 3. The monoisotopic (exact) mass is 531 g/mol. The molecule has 0 bridgehead atoms. The number of guanidine groups is 1. The first-order chi connectivity index (χ1) is 14.0. The third-order valence-electron chi connectivity index (χ3n) is 4.66. The molecule has 3 N–H and O–H groups in total. The highest BCUT2D eigenvalue weighted by Crippen LogP contribution is 2.08. The fraction of sp³-hybridized carbons (Fsp3) is 0.636. The fourth-order valence-corrected chi connectivity index (χ4v) is 3.33. The van der Waals surface area contributed by atoms with E-state index in [9.17, 15) is 4.79 Å². The molecule has 30 heavy (non-hydrogen) atoms.